The minimum Gasteiger partial charge on any atom is -0.271 e. The van der Waals surface area contributed by atoms with Gasteiger partial charge >= 0.3 is 0 Å². The Kier molecular flexibility index (Phi) is 5.28. The van der Waals surface area contributed by atoms with Gasteiger partial charge in [0.25, 0.3) is 0 Å². The van der Waals surface area contributed by atoms with Gasteiger partial charge in [0, 0.05) is 35.5 Å². The Morgan fingerprint density at radius 2 is 2.25 bits per heavy atom. The largest absolute Gasteiger partial charge is 0.271 e. The van der Waals surface area contributed by atoms with E-state index in [9.17, 15) is 0 Å². The predicted molar refractivity (Wildman–Crippen MR) is 82.9 cm³/mol. The van der Waals surface area contributed by atoms with Gasteiger partial charge in [-0.3, -0.25) is 20.9 Å². The molecule has 2 rings (SSSR count). The number of aromatic nitrogens is 3. The van der Waals surface area contributed by atoms with Crippen molar-refractivity contribution in [1.82, 2.24) is 20.2 Å². The first kappa shape index (κ1) is 15.2. The van der Waals surface area contributed by atoms with Crippen LogP contribution in [0.2, 0.25) is 0 Å². The second-order valence-electron chi connectivity index (χ2n) is 4.90. The molecule has 108 valence electrons. The highest BCUT2D eigenvalue weighted by Crippen LogP contribution is 2.20. The first-order valence-corrected chi connectivity index (χ1v) is 7.54. The van der Waals surface area contributed by atoms with E-state index < -0.39 is 0 Å². The fraction of sp³-hybridized carbons (Fsp3) is 0.429. The third kappa shape index (κ3) is 3.65. The van der Waals surface area contributed by atoms with Crippen LogP contribution in [0.5, 0.6) is 0 Å². The molecule has 0 aromatic carbocycles. The molecule has 6 heteroatoms. The van der Waals surface area contributed by atoms with Crippen molar-refractivity contribution >= 4 is 15.9 Å². The molecule has 2 atom stereocenters. The minimum absolute atomic E-state index is 0.000262. The number of hydrazine groups is 1. The standard InChI is InChI=1S/C14H20BrN5/c1-3-10(2)20-5-4-13(19-20)7-14(18-16)11-6-12(15)9-17-8-11/h4-6,8-10,14,18H,3,7,16H2,1-2H3. The molecule has 0 aliphatic carbocycles. The molecular weight excluding hydrogens is 318 g/mol. The van der Waals surface area contributed by atoms with E-state index in [0.29, 0.717) is 6.04 Å². The van der Waals surface area contributed by atoms with Crippen molar-refractivity contribution in [3.8, 4) is 0 Å². The fourth-order valence-corrected chi connectivity index (χ4v) is 2.40. The van der Waals surface area contributed by atoms with Crippen LogP contribution in [-0.4, -0.2) is 14.8 Å². The Hall–Kier alpha value is -1.24. The molecule has 0 amide bonds. The van der Waals surface area contributed by atoms with Crippen molar-refractivity contribution < 1.29 is 0 Å². The van der Waals surface area contributed by atoms with Crippen LogP contribution in [0, 0.1) is 0 Å². The summed E-state index contributed by atoms with van der Waals surface area (Å²) in [5.41, 5.74) is 4.90. The van der Waals surface area contributed by atoms with Gasteiger partial charge in [0.1, 0.15) is 0 Å². The van der Waals surface area contributed by atoms with Gasteiger partial charge in [-0.15, -0.1) is 0 Å². The Balaban J connectivity index is 2.12. The molecule has 2 aromatic rings. The topological polar surface area (TPSA) is 68.8 Å². The Labute approximate surface area is 127 Å². The number of pyridine rings is 1. The zero-order valence-electron chi connectivity index (χ0n) is 11.8. The number of nitrogens with zero attached hydrogens (tertiary/aromatic N) is 3. The second-order valence-corrected chi connectivity index (χ2v) is 5.82. The number of nitrogens with two attached hydrogens (primary N) is 1. The van der Waals surface area contributed by atoms with Crippen molar-refractivity contribution in [1.29, 1.82) is 0 Å². The Bertz CT molecular complexity index is 554. The highest BCUT2D eigenvalue weighted by Gasteiger charge is 2.14. The van der Waals surface area contributed by atoms with Gasteiger partial charge in [-0.05, 0) is 47.0 Å². The minimum atomic E-state index is 0.000262. The zero-order chi connectivity index (χ0) is 14.5. The van der Waals surface area contributed by atoms with Gasteiger partial charge in [0.05, 0.1) is 11.7 Å². The summed E-state index contributed by atoms with van der Waals surface area (Å²) in [5, 5.41) is 4.61. The lowest BCUT2D eigenvalue weighted by Crippen LogP contribution is -2.29. The van der Waals surface area contributed by atoms with Crippen molar-refractivity contribution in [2.45, 2.75) is 38.8 Å². The van der Waals surface area contributed by atoms with Crippen LogP contribution in [0.1, 0.15) is 43.6 Å². The van der Waals surface area contributed by atoms with Crippen LogP contribution in [-0.2, 0) is 6.42 Å². The Morgan fingerprint density at radius 1 is 1.45 bits per heavy atom. The summed E-state index contributed by atoms with van der Waals surface area (Å²) in [7, 11) is 0. The molecule has 0 bridgehead atoms. The molecule has 0 saturated heterocycles. The SMILES string of the molecule is CCC(C)n1ccc(CC(NN)c2cncc(Br)c2)n1. The molecule has 0 radical (unpaired) electrons. The van der Waals surface area contributed by atoms with Crippen LogP contribution in [0.25, 0.3) is 0 Å². The van der Waals surface area contributed by atoms with Crippen molar-refractivity contribution in [3.05, 3.63) is 46.5 Å². The van der Waals surface area contributed by atoms with E-state index >= 15 is 0 Å². The normalized spacial score (nSPS) is 14.2. The van der Waals surface area contributed by atoms with E-state index in [1.807, 2.05) is 29.2 Å². The van der Waals surface area contributed by atoms with Crippen molar-refractivity contribution in [2.75, 3.05) is 0 Å². The van der Waals surface area contributed by atoms with E-state index in [0.717, 1.165) is 28.6 Å². The molecule has 0 spiro atoms. The first-order chi connectivity index (χ1) is 9.63. The first-order valence-electron chi connectivity index (χ1n) is 6.74. The lowest BCUT2D eigenvalue weighted by atomic mass is 10.1. The molecule has 0 aliphatic rings. The quantitative estimate of drug-likeness (QED) is 0.628. The van der Waals surface area contributed by atoms with E-state index in [-0.39, 0.29) is 6.04 Å². The van der Waals surface area contributed by atoms with E-state index in [2.05, 4.69) is 45.3 Å². The Morgan fingerprint density at radius 3 is 2.90 bits per heavy atom. The van der Waals surface area contributed by atoms with Crippen LogP contribution in [0.3, 0.4) is 0 Å². The van der Waals surface area contributed by atoms with E-state index in [1.165, 1.54) is 0 Å². The van der Waals surface area contributed by atoms with Gasteiger partial charge in [-0.25, -0.2) is 0 Å². The maximum atomic E-state index is 5.67. The molecule has 5 nitrogen and oxygen atoms in total. The molecule has 2 aromatic heterocycles. The summed E-state index contributed by atoms with van der Waals surface area (Å²) < 4.78 is 2.95. The number of hydrogen-bond donors (Lipinski definition) is 2. The van der Waals surface area contributed by atoms with Gasteiger partial charge in [-0.1, -0.05) is 6.92 Å². The van der Waals surface area contributed by atoms with Crippen molar-refractivity contribution in [2.24, 2.45) is 5.84 Å². The summed E-state index contributed by atoms with van der Waals surface area (Å²) in [6.07, 6.45) is 7.40. The fourth-order valence-electron chi connectivity index (χ4n) is 2.02. The zero-order valence-corrected chi connectivity index (χ0v) is 13.3. The molecule has 0 aliphatic heterocycles. The maximum absolute atomic E-state index is 5.67. The maximum Gasteiger partial charge on any atom is 0.0644 e. The summed E-state index contributed by atoms with van der Waals surface area (Å²) in [4.78, 5) is 4.17. The van der Waals surface area contributed by atoms with Crippen LogP contribution < -0.4 is 11.3 Å². The van der Waals surface area contributed by atoms with Gasteiger partial charge in [0.15, 0.2) is 0 Å². The summed E-state index contributed by atoms with van der Waals surface area (Å²) in [6, 6.07) is 4.48. The number of rotatable bonds is 6. The van der Waals surface area contributed by atoms with Gasteiger partial charge in [-0.2, -0.15) is 5.10 Å². The van der Waals surface area contributed by atoms with Crippen molar-refractivity contribution in [3.63, 3.8) is 0 Å². The predicted octanol–water partition coefficient (Wildman–Crippen LogP) is 2.76. The summed E-state index contributed by atoms with van der Waals surface area (Å²) >= 11 is 3.43. The van der Waals surface area contributed by atoms with E-state index in [4.69, 9.17) is 5.84 Å². The van der Waals surface area contributed by atoms with Crippen LogP contribution in [0.4, 0.5) is 0 Å². The molecular formula is C14H20BrN5. The number of halogens is 1. The molecule has 2 unspecified atom stereocenters. The lowest BCUT2D eigenvalue weighted by molar-refractivity contribution is 0.467. The van der Waals surface area contributed by atoms with Crippen LogP contribution >= 0.6 is 15.9 Å². The number of nitrogens with one attached hydrogen (secondary N) is 1. The third-order valence-corrected chi connectivity index (χ3v) is 3.88. The summed E-state index contributed by atoms with van der Waals surface area (Å²) in [6.45, 7) is 4.32. The highest BCUT2D eigenvalue weighted by molar-refractivity contribution is 9.10. The highest BCUT2D eigenvalue weighted by atomic mass is 79.9. The molecule has 20 heavy (non-hydrogen) atoms. The van der Waals surface area contributed by atoms with Crippen LogP contribution in [0.15, 0.2) is 35.2 Å². The van der Waals surface area contributed by atoms with Gasteiger partial charge in [0.2, 0.25) is 0 Å². The molecule has 2 heterocycles. The monoisotopic (exact) mass is 337 g/mol. The molecule has 0 saturated carbocycles. The van der Waals surface area contributed by atoms with E-state index in [1.54, 1.807) is 6.20 Å². The molecule has 3 N–H and O–H groups in total. The smallest absolute Gasteiger partial charge is 0.0644 e. The third-order valence-electron chi connectivity index (χ3n) is 3.45. The summed E-state index contributed by atoms with van der Waals surface area (Å²) in [5.74, 6) is 5.67. The average molecular weight is 338 g/mol. The number of hydrogen-bond acceptors (Lipinski definition) is 4. The average Bonchev–Trinajstić information content (AvgIpc) is 2.92. The second kappa shape index (κ2) is 6.97. The van der Waals surface area contributed by atoms with Gasteiger partial charge < -0.3 is 0 Å². The lowest BCUT2D eigenvalue weighted by Gasteiger charge is -2.15. The molecule has 0 fully saturated rings.